The highest BCUT2D eigenvalue weighted by molar-refractivity contribution is 5.17. The van der Waals surface area contributed by atoms with Gasteiger partial charge in [0.25, 0.3) is 0 Å². The second-order valence-electron chi connectivity index (χ2n) is 24.6. The van der Waals surface area contributed by atoms with Crippen molar-refractivity contribution in [3.05, 3.63) is 11.6 Å². The highest BCUT2D eigenvalue weighted by Gasteiger charge is 2.68. The van der Waals surface area contributed by atoms with E-state index in [0.29, 0.717) is 32.1 Å². The minimum Gasteiger partial charge on any atom is -0.394 e. The Morgan fingerprint density at radius 3 is 1.73 bits per heavy atom. The van der Waals surface area contributed by atoms with Gasteiger partial charge >= 0.3 is 0 Å². The van der Waals surface area contributed by atoms with Crippen LogP contribution in [0.2, 0.25) is 0 Å². The predicted octanol–water partition coefficient (Wildman–Crippen LogP) is -1.95. The van der Waals surface area contributed by atoms with Crippen LogP contribution >= 0.6 is 0 Å². The van der Waals surface area contributed by atoms with Crippen LogP contribution in [0.15, 0.2) is 11.6 Å². The Morgan fingerprint density at radius 2 is 1.09 bits per heavy atom. The summed E-state index contributed by atoms with van der Waals surface area (Å²) in [6, 6.07) is 0. The molecule has 4 aliphatic carbocycles. The van der Waals surface area contributed by atoms with Crippen LogP contribution < -0.4 is 0 Å². The third-order valence-electron chi connectivity index (χ3n) is 19.7. The van der Waals surface area contributed by atoms with Crippen molar-refractivity contribution in [1.29, 1.82) is 0 Å². The quantitative estimate of drug-likeness (QED) is 0.0590. The van der Waals surface area contributed by atoms with Crippen molar-refractivity contribution in [1.82, 2.24) is 0 Å². The van der Waals surface area contributed by atoms with Crippen molar-refractivity contribution >= 4 is 0 Å². The maximum Gasteiger partial charge on any atom is 0.187 e. The fraction of sp³-hybridized carbons (Fsp3) is 0.962. The molecule has 0 radical (unpaired) electrons. The lowest BCUT2D eigenvalue weighted by Gasteiger charge is -2.68. The summed E-state index contributed by atoms with van der Waals surface area (Å²) in [6.45, 7) is 12.6. The first-order chi connectivity index (χ1) is 34.8. The molecule has 8 fully saturated rings. The monoisotopic (exact) mass is 1060 g/mol. The molecule has 4 saturated heterocycles. The van der Waals surface area contributed by atoms with Crippen LogP contribution in [0.5, 0.6) is 0 Å². The zero-order valence-corrected chi connectivity index (χ0v) is 43.8. The zero-order valence-electron chi connectivity index (χ0n) is 43.8. The maximum absolute atomic E-state index is 12.6. The molecule has 14 N–H and O–H groups in total. The van der Waals surface area contributed by atoms with E-state index in [9.17, 15) is 71.5 Å². The summed E-state index contributed by atoms with van der Waals surface area (Å²) in [5.41, 5.74) is -0.845. The van der Waals surface area contributed by atoms with Gasteiger partial charge < -0.3 is 109 Å². The lowest BCUT2D eigenvalue weighted by Crippen LogP contribution is -2.66. The highest BCUT2D eigenvalue weighted by atomic mass is 16.8. The number of aliphatic hydroxyl groups excluding tert-OH is 14. The number of hydrogen-bond acceptors (Lipinski definition) is 22. The maximum atomic E-state index is 12.6. The highest BCUT2D eigenvalue weighted by Crippen LogP contribution is 2.72. The number of rotatable bonds is 16. The molecule has 0 aromatic heterocycles. The third kappa shape index (κ3) is 10.6. The lowest BCUT2D eigenvalue weighted by molar-refractivity contribution is -0.368. The lowest BCUT2D eigenvalue weighted by atomic mass is 9.38. The summed E-state index contributed by atoms with van der Waals surface area (Å²) < 4.78 is 48.2. The van der Waals surface area contributed by atoms with Crippen LogP contribution in [-0.2, 0) is 37.9 Å². The predicted molar refractivity (Wildman–Crippen MR) is 256 cm³/mol. The van der Waals surface area contributed by atoms with Crippen LogP contribution in [0.1, 0.15) is 106 Å². The molecule has 0 spiro atoms. The molecule has 4 saturated carbocycles. The molecule has 428 valence electrons. The zero-order chi connectivity index (χ0) is 54.1. The molecule has 0 amide bonds. The van der Waals surface area contributed by atoms with E-state index in [1.165, 1.54) is 0 Å². The van der Waals surface area contributed by atoms with Crippen LogP contribution in [0.3, 0.4) is 0 Å². The van der Waals surface area contributed by atoms with E-state index in [0.717, 1.165) is 31.3 Å². The number of aliphatic hydroxyl groups is 14. The fourth-order valence-electron chi connectivity index (χ4n) is 15.6. The minimum absolute atomic E-state index is 0.0975. The van der Waals surface area contributed by atoms with Gasteiger partial charge in [-0.1, -0.05) is 39.3 Å². The van der Waals surface area contributed by atoms with Gasteiger partial charge in [-0.2, -0.15) is 0 Å². The standard InChI is InChI=1S/C52H88O22/c1-22(2)9-8-14-52(7,74-48-42(65)38(61)36(59)29(71-48)21-67-45-40(63)35(58)27(19-54)68-45)24-11-10-23-33(24)25(56)17-31-50(23,5)15-12-30-49(3,4)32(13-16-51(30,31)6)72-46-43(66)39(62)44(28(20-55)70-46)73-47-41(64)37(60)34(57)26(18-53)69-47/h9,23-48,53-66H,8,10-21H2,1-7H3/t23-,24+,25-,26-,27-,28+,29-,30+,31-,32-,33+,34-,35+,36-,37+,38+,39+,40-,41-,42-,43+,44-,45+,46-,47+,48-,50+,51+,52+/m1/s1. The fourth-order valence-corrected chi connectivity index (χ4v) is 15.6. The Balaban J connectivity index is 0.958. The molecule has 0 aromatic carbocycles. The van der Waals surface area contributed by atoms with Crippen molar-refractivity contribution in [2.24, 2.45) is 45.8 Å². The second kappa shape index (κ2) is 22.8. The first-order valence-corrected chi connectivity index (χ1v) is 26.9. The van der Waals surface area contributed by atoms with Crippen molar-refractivity contribution in [3.8, 4) is 0 Å². The Morgan fingerprint density at radius 1 is 0.568 bits per heavy atom. The topological polar surface area (TPSA) is 357 Å². The van der Waals surface area contributed by atoms with Gasteiger partial charge in [-0.15, -0.1) is 0 Å². The Bertz CT molecular complexity index is 1890. The molecule has 29 atom stereocenters. The average Bonchev–Trinajstić information content (AvgIpc) is 3.94. The van der Waals surface area contributed by atoms with Gasteiger partial charge in [-0.25, -0.2) is 0 Å². The van der Waals surface area contributed by atoms with E-state index in [-0.39, 0.29) is 40.4 Å². The van der Waals surface area contributed by atoms with Crippen LogP contribution in [-0.4, -0.2) is 232 Å². The molecule has 74 heavy (non-hydrogen) atoms. The van der Waals surface area contributed by atoms with Gasteiger partial charge in [0.1, 0.15) is 91.6 Å². The molecule has 4 aliphatic heterocycles. The minimum atomic E-state index is -1.79. The van der Waals surface area contributed by atoms with E-state index >= 15 is 0 Å². The molecule has 0 unspecified atom stereocenters. The molecule has 4 heterocycles. The average molecular weight is 1070 g/mol. The molecular formula is C52H88O22. The number of hydrogen-bond donors (Lipinski definition) is 14. The summed E-state index contributed by atoms with van der Waals surface area (Å²) in [6.07, 6.45) is -21.5. The molecule has 0 aromatic rings. The summed E-state index contributed by atoms with van der Waals surface area (Å²) in [5.74, 6) is -0.0818. The van der Waals surface area contributed by atoms with E-state index in [1.807, 2.05) is 20.8 Å². The summed E-state index contributed by atoms with van der Waals surface area (Å²) in [4.78, 5) is 0. The van der Waals surface area contributed by atoms with Gasteiger partial charge in [-0.3, -0.25) is 0 Å². The molecule has 8 rings (SSSR count). The number of ether oxygens (including phenoxy) is 8. The van der Waals surface area contributed by atoms with Crippen LogP contribution in [0.25, 0.3) is 0 Å². The molecule has 0 bridgehead atoms. The van der Waals surface area contributed by atoms with Crippen molar-refractivity contribution in [2.75, 3.05) is 26.4 Å². The molecule has 22 nitrogen and oxygen atoms in total. The Labute approximate surface area is 433 Å². The van der Waals surface area contributed by atoms with Crippen LogP contribution in [0, 0.1) is 45.8 Å². The number of fused-ring (bicyclic) bond motifs is 5. The van der Waals surface area contributed by atoms with Gasteiger partial charge in [0.2, 0.25) is 0 Å². The van der Waals surface area contributed by atoms with Gasteiger partial charge in [-0.05, 0) is 124 Å². The second-order valence-corrected chi connectivity index (χ2v) is 24.6. The van der Waals surface area contributed by atoms with Crippen molar-refractivity contribution in [3.63, 3.8) is 0 Å². The van der Waals surface area contributed by atoms with Crippen molar-refractivity contribution in [2.45, 2.75) is 241 Å². The summed E-state index contributed by atoms with van der Waals surface area (Å²) >= 11 is 0. The number of allylic oxidation sites excluding steroid dienone is 2. The van der Waals surface area contributed by atoms with E-state index in [1.54, 1.807) is 0 Å². The Kier molecular flexibility index (Phi) is 18.2. The van der Waals surface area contributed by atoms with E-state index in [4.69, 9.17) is 37.9 Å². The smallest absolute Gasteiger partial charge is 0.187 e. The summed E-state index contributed by atoms with van der Waals surface area (Å²) in [7, 11) is 0. The normalized spacial score (nSPS) is 52.1. The van der Waals surface area contributed by atoms with Crippen molar-refractivity contribution < 1.29 is 109 Å². The van der Waals surface area contributed by atoms with Gasteiger partial charge in [0.15, 0.2) is 25.2 Å². The largest absolute Gasteiger partial charge is 0.394 e. The molecular weight excluding hydrogens is 977 g/mol. The summed E-state index contributed by atoms with van der Waals surface area (Å²) in [5, 5.41) is 151. The van der Waals surface area contributed by atoms with Gasteiger partial charge in [0, 0.05) is 0 Å². The Hall–Kier alpha value is -1.14. The third-order valence-corrected chi connectivity index (χ3v) is 19.7. The van der Waals surface area contributed by atoms with Crippen LogP contribution in [0.4, 0.5) is 0 Å². The van der Waals surface area contributed by atoms with E-state index < -0.39 is 166 Å². The first kappa shape index (κ1) is 59.0. The molecule has 8 aliphatic rings. The SMILES string of the molecule is CC(C)=CCC[C@](C)(O[C@H]1O[C@H](CO[C@H]2O[C@H](CO)[C@H](O)[C@H]2O)[C@@H](O)[C@H](O)[C@H]1O)[C@H]1CC[C@@H]2[C@@H]1[C@H](O)C[C@@H]1[C@@]2(C)CC[C@H]2C(C)(C)[C@H](O[C@H]3O[C@@H](CO)[C@@H](O[C@@H]4O[C@H](CO)[C@@H](O)[C@H](O)[C@H]4O)[C@@H](O)[C@@H]3O)CC[C@]12C. The van der Waals surface area contributed by atoms with Gasteiger partial charge in [0.05, 0.1) is 44.2 Å². The van der Waals surface area contributed by atoms with E-state index in [2.05, 4.69) is 33.8 Å². The molecule has 22 heteroatoms. The first-order valence-electron chi connectivity index (χ1n) is 26.9.